The van der Waals surface area contributed by atoms with Crippen LogP contribution in [0.4, 0.5) is 4.39 Å². The zero-order valence-electron chi connectivity index (χ0n) is 14.5. The lowest BCUT2D eigenvalue weighted by Gasteiger charge is -2.38. The van der Waals surface area contributed by atoms with Gasteiger partial charge in [0, 0.05) is 17.5 Å². The van der Waals surface area contributed by atoms with Gasteiger partial charge < -0.3 is 5.32 Å². The third kappa shape index (κ3) is 3.19. The van der Waals surface area contributed by atoms with Gasteiger partial charge in [0.15, 0.2) is 0 Å². The molecule has 2 N–H and O–H groups in total. The number of rotatable bonds is 4. The highest BCUT2D eigenvalue weighted by Gasteiger charge is 2.34. The highest BCUT2D eigenvalue weighted by Crippen LogP contribution is 2.39. The Morgan fingerprint density at radius 1 is 1.04 bits per heavy atom. The molecule has 3 aromatic rings. The van der Waals surface area contributed by atoms with Crippen molar-refractivity contribution in [1.29, 1.82) is 0 Å². The minimum absolute atomic E-state index is 0.123. The van der Waals surface area contributed by atoms with E-state index in [1.54, 1.807) is 18.2 Å². The van der Waals surface area contributed by atoms with E-state index in [4.69, 9.17) is 0 Å². The second-order valence-corrected chi connectivity index (χ2v) is 7.06. The molecule has 2 aromatic carbocycles. The maximum atomic E-state index is 13.3. The fourth-order valence-electron chi connectivity index (χ4n) is 3.93. The van der Waals surface area contributed by atoms with Crippen LogP contribution in [-0.2, 0) is 5.41 Å². The van der Waals surface area contributed by atoms with Crippen molar-refractivity contribution in [1.82, 2.24) is 20.7 Å². The molecule has 0 saturated heterocycles. The number of halogens is 1. The molecule has 26 heavy (non-hydrogen) atoms. The first kappa shape index (κ1) is 16.7. The van der Waals surface area contributed by atoms with Gasteiger partial charge in [0.1, 0.15) is 16.9 Å². The summed E-state index contributed by atoms with van der Waals surface area (Å²) in [6, 6.07) is 12.0. The molecule has 1 amide bonds. The lowest BCUT2D eigenvalue weighted by Crippen LogP contribution is -2.42. The van der Waals surface area contributed by atoms with Crippen molar-refractivity contribution in [3.05, 3.63) is 59.4 Å². The molecule has 0 radical (unpaired) electrons. The molecule has 1 heterocycles. The summed E-state index contributed by atoms with van der Waals surface area (Å²) in [6.45, 7) is 0.550. The molecular weight excluding hydrogens is 331 g/mol. The van der Waals surface area contributed by atoms with Gasteiger partial charge >= 0.3 is 0 Å². The quantitative estimate of drug-likeness (QED) is 0.752. The monoisotopic (exact) mass is 352 g/mol. The van der Waals surface area contributed by atoms with Gasteiger partial charge in [-0.3, -0.25) is 4.79 Å². The third-order valence-electron chi connectivity index (χ3n) is 5.43. The molecule has 4 rings (SSSR count). The van der Waals surface area contributed by atoms with Gasteiger partial charge in [0.25, 0.3) is 5.91 Å². The maximum Gasteiger partial charge on any atom is 0.251 e. The predicted octanol–water partition coefficient (Wildman–Crippen LogP) is 3.73. The minimum Gasteiger partial charge on any atom is -0.351 e. The van der Waals surface area contributed by atoms with Crippen LogP contribution < -0.4 is 5.32 Å². The van der Waals surface area contributed by atoms with Crippen molar-refractivity contribution in [2.24, 2.45) is 0 Å². The number of amides is 1. The summed E-state index contributed by atoms with van der Waals surface area (Å²) in [5.41, 5.74) is 2.95. The molecule has 1 saturated carbocycles. The normalized spacial score (nSPS) is 16.5. The third-order valence-corrected chi connectivity index (χ3v) is 5.43. The molecule has 0 unspecified atom stereocenters. The molecule has 0 bridgehead atoms. The Hall–Kier alpha value is -2.76. The highest BCUT2D eigenvalue weighted by atomic mass is 19.1. The summed E-state index contributed by atoms with van der Waals surface area (Å²) in [6.07, 6.45) is 5.46. The molecule has 1 aromatic heterocycles. The molecule has 0 aliphatic heterocycles. The number of nitrogens with zero attached hydrogens (tertiary/aromatic N) is 2. The van der Waals surface area contributed by atoms with Crippen molar-refractivity contribution in [2.45, 2.75) is 37.5 Å². The van der Waals surface area contributed by atoms with E-state index in [2.05, 4.69) is 20.7 Å². The van der Waals surface area contributed by atoms with E-state index in [1.807, 2.05) is 12.1 Å². The first-order valence-electron chi connectivity index (χ1n) is 9.01. The molecule has 0 atom stereocenters. The van der Waals surface area contributed by atoms with E-state index < -0.39 is 0 Å². The minimum atomic E-state index is -0.232. The Morgan fingerprint density at radius 2 is 1.77 bits per heavy atom. The van der Waals surface area contributed by atoms with E-state index in [1.165, 1.54) is 18.6 Å². The number of H-pyrrole nitrogens is 1. The van der Waals surface area contributed by atoms with Crippen LogP contribution in [0.5, 0.6) is 0 Å². The first-order chi connectivity index (χ1) is 12.7. The van der Waals surface area contributed by atoms with E-state index in [-0.39, 0.29) is 17.1 Å². The summed E-state index contributed by atoms with van der Waals surface area (Å²) in [4.78, 5) is 12.7. The van der Waals surface area contributed by atoms with E-state index >= 15 is 0 Å². The predicted molar refractivity (Wildman–Crippen MR) is 97.4 cm³/mol. The Morgan fingerprint density at radius 3 is 2.54 bits per heavy atom. The molecule has 0 spiro atoms. The number of aromatic nitrogens is 3. The van der Waals surface area contributed by atoms with Gasteiger partial charge in [-0.2, -0.15) is 15.4 Å². The Kier molecular flexibility index (Phi) is 4.41. The van der Waals surface area contributed by atoms with Crippen LogP contribution in [0.2, 0.25) is 0 Å². The van der Waals surface area contributed by atoms with Gasteiger partial charge in [0.2, 0.25) is 0 Å². The lowest BCUT2D eigenvalue weighted by atomic mass is 9.69. The SMILES string of the molecule is O=C(NCC1(c2ccc(F)cc2)CCCCC1)c1ccc2n[nH]nc2c1. The van der Waals surface area contributed by atoms with Gasteiger partial charge in [-0.05, 0) is 48.7 Å². The standard InChI is InChI=1S/C20H21FN4O/c21-16-7-5-15(6-8-16)20(10-2-1-3-11-20)13-22-19(26)14-4-9-17-18(12-14)24-25-23-17/h4-9,12H,1-3,10-11,13H2,(H,22,26)(H,23,24,25). The van der Waals surface area contributed by atoms with Gasteiger partial charge in [-0.25, -0.2) is 4.39 Å². The number of hydrogen-bond donors (Lipinski definition) is 2. The van der Waals surface area contributed by atoms with Crippen molar-refractivity contribution in [3.8, 4) is 0 Å². The smallest absolute Gasteiger partial charge is 0.251 e. The van der Waals surface area contributed by atoms with Crippen LogP contribution in [0.25, 0.3) is 11.0 Å². The number of carbonyl (C=O) groups excluding carboxylic acids is 1. The topological polar surface area (TPSA) is 70.7 Å². The number of carbonyl (C=O) groups is 1. The van der Waals surface area contributed by atoms with Crippen LogP contribution >= 0.6 is 0 Å². The van der Waals surface area contributed by atoms with Crippen LogP contribution in [-0.4, -0.2) is 27.9 Å². The van der Waals surface area contributed by atoms with Gasteiger partial charge in [-0.15, -0.1) is 0 Å². The summed E-state index contributed by atoms with van der Waals surface area (Å²) >= 11 is 0. The lowest BCUT2D eigenvalue weighted by molar-refractivity contribution is 0.0936. The summed E-state index contributed by atoms with van der Waals surface area (Å²) in [5, 5.41) is 13.7. The molecule has 1 aliphatic rings. The first-order valence-corrected chi connectivity index (χ1v) is 9.01. The van der Waals surface area contributed by atoms with Crippen LogP contribution in [0.1, 0.15) is 48.0 Å². The molecule has 1 fully saturated rings. The van der Waals surface area contributed by atoms with E-state index in [9.17, 15) is 9.18 Å². The van der Waals surface area contributed by atoms with Crippen LogP contribution in [0.3, 0.4) is 0 Å². The number of fused-ring (bicyclic) bond motifs is 1. The van der Waals surface area contributed by atoms with Crippen molar-refractivity contribution < 1.29 is 9.18 Å². The molecule has 134 valence electrons. The van der Waals surface area contributed by atoms with Gasteiger partial charge in [-0.1, -0.05) is 31.4 Å². The van der Waals surface area contributed by atoms with Gasteiger partial charge in [0.05, 0.1) is 0 Å². The molecule has 5 nitrogen and oxygen atoms in total. The number of hydrogen-bond acceptors (Lipinski definition) is 3. The number of benzene rings is 2. The Bertz CT molecular complexity index is 913. The van der Waals surface area contributed by atoms with Crippen molar-refractivity contribution in [3.63, 3.8) is 0 Å². The fourth-order valence-corrected chi connectivity index (χ4v) is 3.93. The zero-order chi connectivity index (χ0) is 18.0. The fraction of sp³-hybridized carbons (Fsp3) is 0.350. The molecule has 1 aliphatic carbocycles. The second-order valence-electron chi connectivity index (χ2n) is 7.06. The van der Waals surface area contributed by atoms with E-state index in [0.29, 0.717) is 17.6 Å². The van der Waals surface area contributed by atoms with Crippen LogP contribution in [0, 0.1) is 5.82 Å². The maximum absolute atomic E-state index is 13.3. The number of aromatic amines is 1. The molecule has 6 heteroatoms. The highest BCUT2D eigenvalue weighted by molar-refractivity contribution is 5.97. The van der Waals surface area contributed by atoms with Crippen molar-refractivity contribution in [2.75, 3.05) is 6.54 Å². The molecular formula is C20H21FN4O. The average Bonchev–Trinajstić information content (AvgIpc) is 3.15. The summed E-state index contributed by atoms with van der Waals surface area (Å²) in [5.74, 6) is -0.355. The van der Waals surface area contributed by atoms with Crippen molar-refractivity contribution >= 4 is 16.9 Å². The largest absolute Gasteiger partial charge is 0.351 e. The summed E-state index contributed by atoms with van der Waals surface area (Å²) in [7, 11) is 0. The Labute approximate surface area is 151 Å². The second kappa shape index (κ2) is 6.86. The Balaban J connectivity index is 1.54. The average molecular weight is 352 g/mol. The van der Waals surface area contributed by atoms with Crippen LogP contribution in [0.15, 0.2) is 42.5 Å². The van der Waals surface area contributed by atoms with E-state index in [0.717, 1.165) is 36.8 Å². The summed E-state index contributed by atoms with van der Waals surface area (Å²) < 4.78 is 13.3. The zero-order valence-corrected chi connectivity index (χ0v) is 14.5. The number of nitrogens with one attached hydrogen (secondary N) is 2.